The van der Waals surface area contributed by atoms with Gasteiger partial charge in [-0.1, -0.05) is 12.1 Å². The number of urea groups is 1. The molecule has 2 aromatic carbocycles. The van der Waals surface area contributed by atoms with E-state index in [1.54, 1.807) is 11.8 Å². The molecule has 1 fully saturated rings. The molecule has 3 aromatic rings. The van der Waals surface area contributed by atoms with Crippen molar-refractivity contribution in [3.63, 3.8) is 0 Å². The molecule has 11 nitrogen and oxygen atoms in total. The number of ether oxygens (including phenoxy) is 1. The zero-order chi connectivity index (χ0) is 32.6. The first-order chi connectivity index (χ1) is 21.3. The highest BCUT2D eigenvalue weighted by molar-refractivity contribution is 6.02. The Morgan fingerprint density at radius 2 is 1.73 bits per heavy atom. The van der Waals surface area contributed by atoms with Gasteiger partial charge in [-0.2, -0.15) is 23.2 Å². The van der Waals surface area contributed by atoms with Gasteiger partial charge in [0.1, 0.15) is 17.3 Å². The SMILES string of the molecule is Cc1ccc(C(=O)N(OC(=O)C(F)(F)F)C(C)C)cc1-c1nc(N2CCOCC2)nc2c1CNC(=O)N2c1c(F)cccc1F. The van der Waals surface area contributed by atoms with E-state index in [9.17, 15) is 27.6 Å². The van der Waals surface area contributed by atoms with Crippen LogP contribution in [0.15, 0.2) is 36.4 Å². The van der Waals surface area contributed by atoms with Gasteiger partial charge in [0.05, 0.1) is 31.5 Å². The second-order valence-corrected chi connectivity index (χ2v) is 10.5. The maximum atomic E-state index is 15.0. The number of fused-ring (bicyclic) bond motifs is 1. The Kier molecular flexibility index (Phi) is 8.60. The summed E-state index contributed by atoms with van der Waals surface area (Å²) in [5.41, 5.74) is 0.517. The fraction of sp³-hybridized carbons (Fsp3) is 0.345. The van der Waals surface area contributed by atoms with E-state index >= 15 is 8.78 Å². The molecule has 1 aromatic heterocycles. The zero-order valence-electron chi connectivity index (χ0n) is 24.2. The molecule has 2 aliphatic heterocycles. The van der Waals surface area contributed by atoms with Crippen molar-refractivity contribution in [3.8, 4) is 11.3 Å². The van der Waals surface area contributed by atoms with E-state index < -0.39 is 47.4 Å². The molecule has 0 atom stereocenters. The van der Waals surface area contributed by atoms with Crippen LogP contribution in [0.4, 0.5) is 44.2 Å². The van der Waals surface area contributed by atoms with E-state index in [2.05, 4.69) is 15.1 Å². The molecule has 0 saturated carbocycles. The van der Waals surface area contributed by atoms with Crippen LogP contribution >= 0.6 is 0 Å². The summed E-state index contributed by atoms with van der Waals surface area (Å²) < 4.78 is 74.3. The summed E-state index contributed by atoms with van der Waals surface area (Å²) in [6.07, 6.45) is -5.34. The number of morpholine rings is 1. The van der Waals surface area contributed by atoms with Gasteiger partial charge in [0.2, 0.25) is 5.95 Å². The van der Waals surface area contributed by atoms with Gasteiger partial charge >= 0.3 is 18.2 Å². The number of hydroxylamine groups is 2. The predicted molar refractivity (Wildman–Crippen MR) is 149 cm³/mol. The van der Waals surface area contributed by atoms with E-state index in [-0.39, 0.29) is 35.1 Å². The maximum absolute atomic E-state index is 15.0. The first kappa shape index (κ1) is 31.6. The Balaban J connectivity index is 1.67. The van der Waals surface area contributed by atoms with Crippen molar-refractivity contribution in [3.05, 3.63) is 64.7 Å². The van der Waals surface area contributed by atoms with Crippen molar-refractivity contribution < 1.29 is 45.9 Å². The Labute approximate surface area is 253 Å². The lowest BCUT2D eigenvalue weighted by atomic mass is 9.97. The van der Waals surface area contributed by atoms with E-state index in [0.29, 0.717) is 42.5 Å². The van der Waals surface area contributed by atoms with E-state index in [4.69, 9.17) is 9.72 Å². The summed E-state index contributed by atoms with van der Waals surface area (Å²) >= 11 is 0. The molecule has 1 N–H and O–H groups in total. The van der Waals surface area contributed by atoms with Crippen LogP contribution in [0.3, 0.4) is 0 Å². The van der Waals surface area contributed by atoms with Gasteiger partial charge in [-0.25, -0.2) is 28.3 Å². The number of alkyl halides is 3. The largest absolute Gasteiger partial charge is 0.493 e. The van der Waals surface area contributed by atoms with Gasteiger partial charge in [-0.15, -0.1) is 0 Å². The third-order valence-electron chi connectivity index (χ3n) is 7.08. The molecule has 3 amide bonds. The minimum Gasteiger partial charge on any atom is -0.378 e. The van der Waals surface area contributed by atoms with Crippen LogP contribution in [-0.4, -0.2) is 71.5 Å². The second-order valence-electron chi connectivity index (χ2n) is 10.5. The van der Waals surface area contributed by atoms with Crippen LogP contribution in [0.25, 0.3) is 11.3 Å². The number of nitrogens with one attached hydrogen (secondary N) is 1. The molecule has 0 unspecified atom stereocenters. The summed E-state index contributed by atoms with van der Waals surface area (Å²) in [5, 5.41) is 2.90. The van der Waals surface area contributed by atoms with Crippen LogP contribution in [-0.2, 0) is 20.9 Å². The lowest BCUT2D eigenvalue weighted by Gasteiger charge is -2.33. The summed E-state index contributed by atoms with van der Waals surface area (Å²) in [4.78, 5) is 54.3. The molecule has 0 radical (unpaired) electrons. The molecule has 16 heteroatoms. The van der Waals surface area contributed by atoms with Gasteiger partial charge in [0.15, 0.2) is 5.82 Å². The molecule has 238 valence electrons. The number of carbonyl (C=O) groups excluding carboxylic acids is 3. The Bertz CT molecular complexity index is 1640. The molecule has 0 spiro atoms. The van der Waals surface area contributed by atoms with Crippen molar-refractivity contribution in [2.75, 3.05) is 36.1 Å². The first-order valence-electron chi connectivity index (χ1n) is 13.8. The third-order valence-corrected chi connectivity index (χ3v) is 7.08. The number of rotatable bonds is 5. The summed E-state index contributed by atoms with van der Waals surface area (Å²) in [6.45, 7) is 5.67. The van der Waals surface area contributed by atoms with Crippen LogP contribution in [0, 0.1) is 18.6 Å². The van der Waals surface area contributed by atoms with E-state index in [1.165, 1.54) is 32.0 Å². The van der Waals surface area contributed by atoms with Crippen LogP contribution in [0.1, 0.15) is 35.3 Å². The highest BCUT2D eigenvalue weighted by Gasteiger charge is 2.44. The molecule has 45 heavy (non-hydrogen) atoms. The third kappa shape index (κ3) is 6.22. The number of aryl methyl sites for hydroxylation is 1. The lowest BCUT2D eigenvalue weighted by molar-refractivity contribution is -0.232. The van der Waals surface area contributed by atoms with Crippen molar-refractivity contribution in [2.45, 2.75) is 39.5 Å². The average molecular weight is 635 g/mol. The van der Waals surface area contributed by atoms with Gasteiger partial charge in [-0.3, -0.25) is 4.79 Å². The maximum Gasteiger partial charge on any atom is 0.493 e. The lowest BCUT2D eigenvalue weighted by Crippen LogP contribution is -2.44. The Hall–Kier alpha value is -4.86. The number of nitrogens with zero attached hydrogens (tertiary/aromatic N) is 5. The average Bonchev–Trinajstić information content (AvgIpc) is 2.99. The minimum atomic E-state index is -5.34. The standard InChI is InChI=1S/C29H27F5N6O5/c1-15(2)40(45-26(42)29(32,33)34)25(41)17-8-7-16(3)18(13-17)22-19-14-35-28(43)39(23-20(30)5-4-6-21(23)31)24(19)37-27(36-22)38-9-11-44-12-10-38/h4-8,13,15H,9-12,14H2,1-3H3,(H,35,43). The number of para-hydroxylation sites is 1. The fourth-order valence-electron chi connectivity index (χ4n) is 4.85. The predicted octanol–water partition coefficient (Wildman–Crippen LogP) is 4.80. The van der Waals surface area contributed by atoms with Crippen LogP contribution in [0.5, 0.6) is 0 Å². The number of hydrogen-bond donors (Lipinski definition) is 1. The normalized spacial score (nSPS) is 15.1. The number of amides is 3. The van der Waals surface area contributed by atoms with Crippen molar-refractivity contribution in [1.29, 1.82) is 0 Å². The minimum absolute atomic E-state index is 0.103. The number of aromatic nitrogens is 2. The number of hydrogen-bond acceptors (Lipinski definition) is 8. The zero-order valence-corrected chi connectivity index (χ0v) is 24.2. The Morgan fingerprint density at radius 3 is 2.36 bits per heavy atom. The van der Waals surface area contributed by atoms with Gasteiger partial charge in [0, 0.05) is 29.8 Å². The number of benzene rings is 2. The first-order valence-corrected chi connectivity index (χ1v) is 13.8. The van der Waals surface area contributed by atoms with Crippen molar-refractivity contribution >= 4 is 35.4 Å². The highest BCUT2D eigenvalue weighted by Crippen LogP contribution is 2.40. The highest BCUT2D eigenvalue weighted by atomic mass is 19.4. The van der Waals surface area contributed by atoms with Crippen LogP contribution < -0.4 is 15.1 Å². The molecule has 5 rings (SSSR count). The summed E-state index contributed by atoms with van der Waals surface area (Å²) in [6, 6.07) is 5.55. The fourth-order valence-corrected chi connectivity index (χ4v) is 4.85. The molecule has 3 heterocycles. The number of halogens is 5. The topological polar surface area (TPSA) is 117 Å². The molecule has 0 aliphatic carbocycles. The quantitative estimate of drug-likeness (QED) is 0.315. The number of carbonyl (C=O) groups is 3. The van der Waals surface area contributed by atoms with E-state index in [0.717, 1.165) is 23.1 Å². The molecule has 1 saturated heterocycles. The molecule has 2 aliphatic rings. The summed E-state index contributed by atoms with van der Waals surface area (Å²) in [5.74, 6) is -5.62. The monoisotopic (exact) mass is 634 g/mol. The van der Waals surface area contributed by atoms with Gasteiger partial charge < -0.3 is 19.8 Å². The number of anilines is 3. The molecular weight excluding hydrogens is 607 g/mol. The Morgan fingerprint density at radius 1 is 1.07 bits per heavy atom. The molecular formula is C29H27F5N6O5. The van der Waals surface area contributed by atoms with E-state index in [1.807, 2.05) is 0 Å². The second kappa shape index (κ2) is 12.3. The molecule has 0 bridgehead atoms. The van der Waals surface area contributed by atoms with Crippen molar-refractivity contribution in [1.82, 2.24) is 20.3 Å². The van der Waals surface area contributed by atoms with Crippen molar-refractivity contribution in [2.24, 2.45) is 0 Å². The summed E-state index contributed by atoms with van der Waals surface area (Å²) in [7, 11) is 0. The smallest absolute Gasteiger partial charge is 0.378 e. The van der Waals surface area contributed by atoms with Gasteiger partial charge in [-0.05, 0) is 50.6 Å². The van der Waals surface area contributed by atoms with Gasteiger partial charge in [0.25, 0.3) is 5.91 Å². The van der Waals surface area contributed by atoms with Crippen LogP contribution in [0.2, 0.25) is 0 Å².